The lowest BCUT2D eigenvalue weighted by molar-refractivity contribution is -0.104. The van der Waals surface area contributed by atoms with E-state index in [-0.39, 0.29) is 11.3 Å². The Morgan fingerprint density at radius 3 is 2.23 bits per heavy atom. The zero-order valence-corrected chi connectivity index (χ0v) is 9.68. The molecular weight excluding hydrogens is 162 g/mol. The predicted molar refractivity (Wildman–Crippen MR) is 55.7 cm³/mol. The van der Waals surface area contributed by atoms with Crippen LogP contribution in [0, 0.1) is 0 Å². The number of unbranched alkanes of at least 4 members (excludes halogenated alkanes) is 1. The summed E-state index contributed by atoms with van der Waals surface area (Å²) in [5.41, 5.74) is -0.0457. The molecule has 1 rings (SSSR count). The molecule has 0 amide bonds. The van der Waals surface area contributed by atoms with Gasteiger partial charge in [0.1, 0.15) is 5.72 Å². The van der Waals surface area contributed by atoms with E-state index in [0.29, 0.717) is 0 Å². The van der Waals surface area contributed by atoms with Crippen LogP contribution in [0.1, 0.15) is 47.5 Å². The van der Waals surface area contributed by atoms with Gasteiger partial charge in [0.2, 0.25) is 0 Å². The highest BCUT2D eigenvalue weighted by molar-refractivity contribution is 4.89. The maximum atomic E-state index is 5.97. The smallest absolute Gasteiger partial charge is 0.116 e. The zero-order valence-electron chi connectivity index (χ0n) is 9.68. The molecule has 0 aromatic carbocycles. The van der Waals surface area contributed by atoms with Crippen molar-refractivity contribution in [3.63, 3.8) is 0 Å². The highest BCUT2D eigenvalue weighted by Crippen LogP contribution is 2.33. The van der Waals surface area contributed by atoms with Crippen LogP contribution in [0.2, 0.25) is 0 Å². The van der Waals surface area contributed by atoms with Crippen LogP contribution in [0.15, 0.2) is 0 Å². The van der Waals surface area contributed by atoms with Crippen LogP contribution in [0.5, 0.6) is 0 Å². The van der Waals surface area contributed by atoms with Crippen molar-refractivity contribution in [2.45, 2.75) is 58.8 Å². The first kappa shape index (κ1) is 11.0. The maximum absolute atomic E-state index is 5.97. The Bertz CT molecular complexity index is 175. The summed E-state index contributed by atoms with van der Waals surface area (Å²) in [6, 6.07) is 0. The molecule has 2 heteroatoms. The minimum atomic E-state index is -0.0708. The summed E-state index contributed by atoms with van der Waals surface area (Å²) < 4.78 is 5.97. The van der Waals surface area contributed by atoms with Gasteiger partial charge in [-0.05, 0) is 34.1 Å². The molecule has 2 nitrogen and oxygen atoms in total. The number of hydrogen-bond acceptors (Lipinski definition) is 2. The predicted octanol–water partition coefficient (Wildman–Crippen LogP) is 2.63. The van der Waals surface area contributed by atoms with E-state index in [9.17, 15) is 0 Å². The normalized spacial score (nSPS) is 26.5. The lowest BCUT2D eigenvalue weighted by Crippen LogP contribution is -2.39. The van der Waals surface area contributed by atoms with E-state index in [0.717, 1.165) is 13.1 Å². The average Bonchev–Trinajstić information content (AvgIpc) is 2.14. The summed E-state index contributed by atoms with van der Waals surface area (Å²) in [6.45, 7) is 13.1. The first-order chi connectivity index (χ1) is 5.87. The van der Waals surface area contributed by atoms with E-state index >= 15 is 0 Å². The molecule has 1 fully saturated rings. The van der Waals surface area contributed by atoms with E-state index in [1.807, 2.05) is 0 Å². The maximum Gasteiger partial charge on any atom is 0.116 e. The molecule has 0 N–H and O–H groups in total. The fourth-order valence-corrected chi connectivity index (χ4v) is 2.12. The van der Waals surface area contributed by atoms with E-state index in [2.05, 4.69) is 39.5 Å². The summed E-state index contributed by atoms with van der Waals surface area (Å²) in [6.07, 6.45) is 2.52. The lowest BCUT2D eigenvalue weighted by Gasteiger charge is -2.29. The second kappa shape index (κ2) is 3.58. The minimum absolute atomic E-state index is 0.0250. The van der Waals surface area contributed by atoms with Crippen molar-refractivity contribution in [3.8, 4) is 0 Å². The molecular formula is C11H23NO. The molecule has 1 aliphatic heterocycles. The van der Waals surface area contributed by atoms with Crippen molar-refractivity contribution in [3.05, 3.63) is 0 Å². The van der Waals surface area contributed by atoms with Gasteiger partial charge in [0.05, 0.1) is 5.60 Å². The van der Waals surface area contributed by atoms with Crippen LogP contribution in [0.4, 0.5) is 0 Å². The SMILES string of the molecule is CCCCN1CC(C)(C)OC1(C)C. The van der Waals surface area contributed by atoms with Crippen LogP contribution in [-0.2, 0) is 4.74 Å². The molecule has 0 aromatic heterocycles. The summed E-state index contributed by atoms with van der Waals surface area (Å²) in [5.74, 6) is 0. The van der Waals surface area contributed by atoms with E-state index in [1.54, 1.807) is 0 Å². The van der Waals surface area contributed by atoms with Crippen molar-refractivity contribution in [1.82, 2.24) is 4.90 Å². The molecule has 1 saturated heterocycles. The van der Waals surface area contributed by atoms with Gasteiger partial charge in [0.15, 0.2) is 0 Å². The largest absolute Gasteiger partial charge is 0.354 e. The van der Waals surface area contributed by atoms with E-state index < -0.39 is 0 Å². The topological polar surface area (TPSA) is 12.5 Å². The lowest BCUT2D eigenvalue weighted by atomic mass is 10.1. The molecule has 0 unspecified atom stereocenters. The number of ether oxygens (including phenoxy) is 1. The van der Waals surface area contributed by atoms with Gasteiger partial charge in [0.25, 0.3) is 0 Å². The molecule has 0 atom stereocenters. The van der Waals surface area contributed by atoms with Gasteiger partial charge in [-0.25, -0.2) is 0 Å². The van der Waals surface area contributed by atoms with Crippen LogP contribution < -0.4 is 0 Å². The Kier molecular flexibility index (Phi) is 3.03. The van der Waals surface area contributed by atoms with Gasteiger partial charge in [0, 0.05) is 13.1 Å². The van der Waals surface area contributed by atoms with Gasteiger partial charge in [-0.2, -0.15) is 0 Å². The molecule has 0 aliphatic carbocycles. The second-order valence-corrected chi connectivity index (χ2v) is 5.08. The highest BCUT2D eigenvalue weighted by atomic mass is 16.6. The van der Waals surface area contributed by atoms with Crippen LogP contribution in [0.25, 0.3) is 0 Å². The highest BCUT2D eigenvalue weighted by Gasteiger charge is 2.43. The quantitative estimate of drug-likeness (QED) is 0.670. The average molecular weight is 185 g/mol. The fourth-order valence-electron chi connectivity index (χ4n) is 2.12. The van der Waals surface area contributed by atoms with Gasteiger partial charge in [-0.3, -0.25) is 4.90 Å². The van der Waals surface area contributed by atoms with E-state index in [1.165, 1.54) is 12.8 Å². The van der Waals surface area contributed by atoms with Crippen LogP contribution >= 0.6 is 0 Å². The third-order valence-electron chi connectivity index (χ3n) is 2.64. The van der Waals surface area contributed by atoms with Crippen molar-refractivity contribution >= 4 is 0 Å². The number of nitrogens with zero attached hydrogens (tertiary/aromatic N) is 1. The molecule has 0 radical (unpaired) electrons. The Labute approximate surface area is 82.3 Å². The van der Waals surface area contributed by atoms with Gasteiger partial charge in [-0.1, -0.05) is 13.3 Å². The molecule has 0 saturated carbocycles. The summed E-state index contributed by atoms with van der Waals surface area (Å²) in [7, 11) is 0. The summed E-state index contributed by atoms with van der Waals surface area (Å²) in [5, 5.41) is 0. The minimum Gasteiger partial charge on any atom is -0.354 e. The zero-order chi connectivity index (χ0) is 10.1. The molecule has 1 heterocycles. The summed E-state index contributed by atoms with van der Waals surface area (Å²) in [4.78, 5) is 2.44. The fraction of sp³-hybridized carbons (Fsp3) is 1.00. The van der Waals surface area contributed by atoms with Crippen molar-refractivity contribution < 1.29 is 4.74 Å². The standard InChI is InChI=1S/C11H23NO/c1-6-7-8-12-9-10(2,3)13-11(12,4)5/h6-9H2,1-5H3. The molecule has 13 heavy (non-hydrogen) atoms. The number of rotatable bonds is 3. The van der Waals surface area contributed by atoms with Crippen LogP contribution in [0.3, 0.4) is 0 Å². The van der Waals surface area contributed by atoms with Crippen molar-refractivity contribution in [1.29, 1.82) is 0 Å². The molecule has 0 spiro atoms. The first-order valence-corrected chi connectivity index (χ1v) is 5.32. The summed E-state index contributed by atoms with van der Waals surface area (Å²) >= 11 is 0. The van der Waals surface area contributed by atoms with E-state index in [4.69, 9.17) is 4.74 Å². The monoisotopic (exact) mass is 185 g/mol. The Hall–Kier alpha value is -0.0800. The Morgan fingerprint density at radius 2 is 1.85 bits per heavy atom. The third-order valence-corrected chi connectivity index (χ3v) is 2.64. The second-order valence-electron chi connectivity index (χ2n) is 5.08. The molecule has 0 aromatic rings. The Morgan fingerprint density at radius 1 is 1.23 bits per heavy atom. The third kappa shape index (κ3) is 2.68. The van der Waals surface area contributed by atoms with Crippen molar-refractivity contribution in [2.24, 2.45) is 0 Å². The molecule has 1 aliphatic rings. The van der Waals surface area contributed by atoms with Gasteiger partial charge < -0.3 is 4.74 Å². The first-order valence-electron chi connectivity index (χ1n) is 5.32. The van der Waals surface area contributed by atoms with Crippen molar-refractivity contribution in [2.75, 3.05) is 13.1 Å². The number of hydrogen-bond donors (Lipinski definition) is 0. The molecule has 78 valence electrons. The van der Waals surface area contributed by atoms with Gasteiger partial charge in [-0.15, -0.1) is 0 Å². The molecule has 0 bridgehead atoms. The Balaban J connectivity index is 2.54. The van der Waals surface area contributed by atoms with Gasteiger partial charge >= 0.3 is 0 Å². The van der Waals surface area contributed by atoms with Crippen LogP contribution in [-0.4, -0.2) is 29.3 Å².